The van der Waals surface area contributed by atoms with Gasteiger partial charge in [-0.15, -0.1) is 0 Å². The highest BCUT2D eigenvalue weighted by Crippen LogP contribution is 2.15. The first-order valence-corrected chi connectivity index (χ1v) is 7.51. The van der Waals surface area contributed by atoms with E-state index in [1.165, 1.54) is 32.4 Å². The maximum atomic E-state index is 12.1. The molecule has 0 aromatic rings. The van der Waals surface area contributed by atoms with Crippen molar-refractivity contribution in [2.75, 3.05) is 26.2 Å². The van der Waals surface area contributed by atoms with E-state index < -0.39 is 0 Å². The minimum atomic E-state index is 0.00269. The number of hydrogen-bond acceptors (Lipinski definition) is 3. The summed E-state index contributed by atoms with van der Waals surface area (Å²) >= 11 is 0. The third-order valence-electron chi connectivity index (χ3n) is 4.14. The molecule has 2 unspecified atom stereocenters. The first-order chi connectivity index (χ1) is 8.72. The Morgan fingerprint density at radius 2 is 1.94 bits per heavy atom. The van der Waals surface area contributed by atoms with Crippen LogP contribution in [0.1, 0.15) is 46.0 Å². The highest BCUT2D eigenvalue weighted by atomic mass is 16.2. The number of likely N-dealkylation sites (tertiary alicyclic amines) is 1. The summed E-state index contributed by atoms with van der Waals surface area (Å²) in [6, 6.07) is 0.00269. The van der Waals surface area contributed by atoms with Crippen molar-refractivity contribution in [3.05, 3.63) is 0 Å². The fourth-order valence-corrected chi connectivity index (χ4v) is 3.06. The average Bonchev–Trinajstić information content (AvgIpc) is 2.65. The fourth-order valence-electron chi connectivity index (χ4n) is 3.06. The molecule has 2 atom stereocenters. The molecule has 2 aliphatic heterocycles. The van der Waals surface area contributed by atoms with Gasteiger partial charge in [0.1, 0.15) is 0 Å². The second-order valence-electron chi connectivity index (χ2n) is 5.63. The van der Waals surface area contributed by atoms with Gasteiger partial charge in [0.05, 0.1) is 12.2 Å². The number of piperidine rings is 1. The van der Waals surface area contributed by atoms with Crippen LogP contribution in [0.15, 0.2) is 0 Å². The third kappa shape index (κ3) is 3.23. The minimum Gasteiger partial charge on any atom is -0.325 e. The van der Waals surface area contributed by atoms with Gasteiger partial charge in [-0.05, 0) is 39.3 Å². The van der Waals surface area contributed by atoms with Crippen LogP contribution < -0.4 is 5.32 Å². The number of nitrogens with one attached hydrogen (secondary N) is 1. The minimum absolute atomic E-state index is 0.00269. The molecule has 104 valence electrons. The Morgan fingerprint density at radius 3 is 2.61 bits per heavy atom. The standard InChI is InChI=1S/C14H27N3O/c1-3-7-13-15-12(2)14(18)17(13)11-10-16-8-5-4-6-9-16/h12-13,15H,3-11H2,1-2H3. The summed E-state index contributed by atoms with van der Waals surface area (Å²) in [5.41, 5.74) is 0. The van der Waals surface area contributed by atoms with E-state index in [0.29, 0.717) is 0 Å². The molecule has 0 aromatic carbocycles. The number of nitrogens with zero attached hydrogens (tertiary/aromatic N) is 2. The largest absolute Gasteiger partial charge is 0.325 e. The van der Waals surface area contributed by atoms with Gasteiger partial charge >= 0.3 is 0 Å². The van der Waals surface area contributed by atoms with E-state index in [-0.39, 0.29) is 18.1 Å². The zero-order valence-electron chi connectivity index (χ0n) is 11.8. The van der Waals surface area contributed by atoms with Crippen LogP contribution in [0.3, 0.4) is 0 Å². The highest BCUT2D eigenvalue weighted by Gasteiger charge is 2.35. The molecular formula is C14H27N3O. The van der Waals surface area contributed by atoms with Crippen molar-refractivity contribution >= 4 is 5.91 Å². The molecule has 2 saturated heterocycles. The molecule has 0 saturated carbocycles. The molecule has 18 heavy (non-hydrogen) atoms. The van der Waals surface area contributed by atoms with Crippen LogP contribution in [0, 0.1) is 0 Å². The van der Waals surface area contributed by atoms with E-state index in [0.717, 1.165) is 25.9 Å². The molecule has 0 aliphatic carbocycles. The predicted molar refractivity (Wildman–Crippen MR) is 73.3 cm³/mol. The van der Waals surface area contributed by atoms with Gasteiger partial charge in [-0.3, -0.25) is 10.1 Å². The topological polar surface area (TPSA) is 35.6 Å². The lowest BCUT2D eigenvalue weighted by Gasteiger charge is -2.30. The van der Waals surface area contributed by atoms with Crippen molar-refractivity contribution in [1.29, 1.82) is 0 Å². The Kier molecular flexibility index (Phi) is 5.01. The van der Waals surface area contributed by atoms with Crippen molar-refractivity contribution < 1.29 is 4.79 Å². The maximum absolute atomic E-state index is 12.1. The van der Waals surface area contributed by atoms with Crippen LogP contribution in [-0.2, 0) is 4.79 Å². The summed E-state index contributed by atoms with van der Waals surface area (Å²) in [6.45, 7) is 8.51. The molecule has 2 rings (SSSR count). The summed E-state index contributed by atoms with van der Waals surface area (Å²) in [5.74, 6) is 0.283. The van der Waals surface area contributed by atoms with Crippen molar-refractivity contribution in [3.8, 4) is 0 Å². The number of carbonyl (C=O) groups excluding carboxylic acids is 1. The van der Waals surface area contributed by atoms with Crippen molar-refractivity contribution in [1.82, 2.24) is 15.1 Å². The van der Waals surface area contributed by atoms with Gasteiger partial charge in [0.15, 0.2) is 0 Å². The highest BCUT2D eigenvalue weighted by molar-refractivity contribution is 5.83. The average molecular weight is 253 g/mol. The SMILES string of the molecule is CCCC1NC(C)C(=O)N1CCN1CCCCC1. The Balaban J connectivity index is 1.83. The molecule has 2 heterocycles. The smallest absolute Gasteiger partial charge is 0.240 e. The summed E-state index contributed by atoms with van der Waals surface area (Å²) in [7, 11) is 0. The summed E-state index contributed by atoms with van der Waals surface area (Å²) in [4.78, 5) is 16.7. The Morgan fingerprint density at radius 1 is 1.22 bits per heavy atom. The number of carbonyl (C=O) groups is 1. The zero-order chi connectivity index (χ0) is 13.0. The van der Waals surface area contributed by atoms with Gasteiger partial charge in [-0.2, -0.15) is 0 Å². The maximum Gasteiger partial charge on any atom is 0.240 e. The van der Waals surface area contributed by atoms with Crippen LogP contribution in [0.25, 0.3) is 0 Å². The molecular weight excluding hydrogens is 226 g/mol. The van der Waals surface area contributed by atoms with Crippen LogP contribution in [0.5, 0.6) is 0 Å². The third-order valence-corrected chi connectivity index (χ3v) is 4.14. The molecule has 1 amide bonds. The lowest BCUT2D eigenvalue weighted by Crippen LogP contribution is -2.43. The second-order valence-corrected chi connectivity index (χ2v) is 5.63. The predicted octanol–water partition coefficient (Wildman–Crippen LogP) is 1.42. The monoisotopic (exact) mass is 253 g/mol. The van der Waals surface area contributed by atoms with Gasteiger partial charge in [0.25, 0.3) is 0 Å². The first-order valence-electron chi connectivity index (χ1n) is 7.51. The van der Waals surface area contributed by atoms with Gasteiger partial charge in [0, 0.05) is 13.1 Å². The van der Waals surface area contributed by atoms with Crippen LogP contribution >= 0.6 is 0 Å². The molecule has 0 radical (unpaired) electrons. The van der Waals surface area contributed by atoms with Crippen LogP contribution in [0.4, 0.5) is 0 Å². The van der Waals surface area contributed by atoms with Crippen LogP contribution in [0.2, 0.25) is 0 Å². The van der Waals surface area contributed by atoms with E-state index in [1.807, 2.05) is 6.92 Å². The number of rotatable bonds is 5. The van der Waals surface area contributed by atoms with E-state index in [1.54, 1.807) is 0 Å². The fraction of sp³-hybridized carbons (Fsp3) is 0.929. The molecule has 4 heteroatoms. The van der Waals surface area contributed by atoms with Gasteiger partial charge in [-0.25, -0.2) is 0 Å². The summed E-state index contributed by atoms with van der Waals surface area (Å²) < 4.78 is 0. The molecule has 0 bridgehead atoms. The van der Waals surface area contributed by atoms with E-state index in [2.05, 4.69) is 22.0 Å². The number of amides is 1. The Labute approximate surface area is 111 Å². The van der Waals surface area contributed by atoms with Gasteiger partial charge in [0.2, 0.25) is 5.91 Å². The van der Waals surface area contributed by atoms with Crippen LogP contribution in [-0.4, -0.2) is 54.1 Å². The second kappa shape index (κ2) is 6.53. The van der Waals surface area contributed by atoms with E-state index in [9.17, 15) is 4.79 Å². The summed E-state index contributed by atoms with van der Waals surface area (Å²) in [5, 5.41) is 3.40. The van der Waals surface area contributed by atoms with Gasteiger partial charge < -0.3 is 9.80 Å². The molecule has 2 fully saturated rings. The molecule has 1 N–H and O–H groups in total. The molecule has 0 spiro atoms. The van der Waals surface area contributed by atoms with E-state index in [4.69, 9.17) is 0 Å². The lowest BCUT2D eigenvalue weighted by molar-refractivity contribution is -0.130. The first kappa shape index (κ1) is 13.8. The lowest BCUT2D eigenvalue weighted by atomic mass is 10.1. The molecule has 0 aromatic heterocycles. The summed E-state index contributed by atoms with van der Waals surface area (Å²) in [6.07, 6.45) is 6.47. The molecule has 4 nitrogen and oxygen atoms in total. The van der Waals surface area contributed by atoms with Crippen molar-refractivity contribution in [2.45, 2.75) is 58.2 Å². The molecule has 2 aliphatic rings. The van der Waals surface area contributed by atoms with E-state index >= 15 is 0 Å². The Hall–Kier alpha value is -0.610. The zero-order valence-corrected chi connectivity index (χ0v) is 11.8. The normalized spacial score (nSPS) is 30.1. The quantitative estimate of drug-likeness (QED) is 0.805. The van der Waals surface area contributed by atoms with Gasteiger partial charge in [-0.1, -0.05) is 19.8 Å². The van der Waals surface area contributed by atoms with Crippen molar-refractivity contribution in [2.24, 2.45) is 0 Å². The van der Waals surface area contributed by atoms with Crippen molar-refractivity contribution in [3.63, 3.8) is 0 Å². The Bertz CT molecular complexity index is 276. The number of hydrogen-bond donors (Lipinski definition) is 1.